The largest absolute Gasteiger partial charge is 0.394 e. The van der Waals surface area contributed by atoms with E-state index in [1.54, 1.807) is 0 Å². The third kappa shape index (κ3) is 3.06. The number of aromatic nitrogens is 1. The molecule has 0 aliphatic heterocycles. The summed E-state index contributed by atoms with van der Waals surface area (Å²) in [6, 6.07) is 19.6. The third-order valence-corrected chi connectivity index (χ3v) is 4.02. The Morgan fingerprint density at radius 2 is 1.81 bits per heavy atom. The first-order chi connectivity index (χ1) is 10.3. The van der Waals surface area contributed by atoms with E-state index in [1.165, 1.54) is 0 Å². The molecule has 1 heterocycles. The lowest BCUT2D eigenvalue weighted by Crippen LogP contribution is -2.15. The van der Waals surface area contributed by atoms with Crippen molar-refractivity contribution in [1.82, 2.24) is 4.98 Å². The number of rotatable bonds is 4. The zero-order valence-corrected chi connectivity index (χ0v) is 12.9. The SMILES string of the molecule is OCC(Nc1ccc2cccc(Br)c2n1)c1ccccc1. The van der Waals surface area contributed by atoms with Crippen molar-refractivity contribution in [2.75, 3.05) is 11.9 Å². The highest BCUT2D eigenvalue weighted by atomic mass is 79.9. The van der Waals surface area contributed by atoms with E-state index in [2.05, 4.69) is 26.2 Å². The lowest BCUT2D eigenvalue weighted by molar-refractivity contribution is 0.276. The molecule has 0 bridgehead atoms. The van der Waals surface area contributed by atoms with Gasteiger partial charge in [-0.3, -0.25) is 0 Å². The van der Waals surface area contributed by atoms with Crippen molar-refractivity contribution >= 4 is 32.7 Å². The van der Waals surface area contributed by atoms with Gasteiger partial charge < -0.3 is 10.4 Å². The Morgan fingerprint density at radius 1 is 1.00 bits per heavy atom. The zero-order chi connectivity index (χ0) is 14.7. The van der Waals surface area contributed by atoms with Crippen LogP contribution in [0.3, 0.4) is 0 Å². The molecule has 0 fully saturated rings. The number of nitrogens with one attached hydrogen (secondary N) is 1. The molecule has 0 saturated heterocycles. The number of para-hydroxylation sites is 1. The van der Waals surface area contributed by atoms with Gasteiger partial charge in [0.1, 0.15) is 5.82 Å². The quantitative estimate of drug-likeness (QED) is 0.748. The molecule has 0 aliphatic carbocycles. The number of halogens is 1. The summed E-state index contributed by atoms with van der Waals surface area (Å²) in [6.07, 6.45) is 0. The van der Waals surface area contributed by atoms with Gasteiger partial charge in [-0.2, -0.15) is 0 Å². The van der Waals surface area contributed by atoms with E-state index in [4.69, 9.17) is 0 Å². The van der Waals surface area contributed by atoms with Gasteiger partial charge in [0.25, 0.3) is 0 Å². The van der Waals surface area contributed by atoms with Crippen LogP contribution >= 0.6 is 15.9 Å². The Balaban J connectivity index is 1.92. The Bertz CT molecular complexity index is 746. The zero-order valence-electron chi connectivity index (χ0n) is 11.3. The van der Waals surface area contributed by atoms with Crippen molar-refractivity contribution < 1.29 is 5.11 Å². The topological polar surface area (TPSA) is 45.1 Å². The lowest BCUT2D eigenvalue weighted by atomic mass is 10.1. The first-order valence-corrected chi connectivity index (χ1v) is 7.55. The first-order valence-electron chi connectivity index (χ1n) is 6.75. The summed E-state index contributed by atoms with van der Waals surface area (Å²) in [6.45, 7) is 0.0136. The fourth-order valence-corrected chi connectivity index (χ4v) is 2.76. The molecule has 1 aromatic heterocycles. The second kappa shape index (κ2) is 6.24. The molecule has 1 unspecified atom stereocenters. The molecule has 3 nitrogen and oxygen atoms in total. The van der Waals surface area contributed by atoms with Crippen LogP contribution in [0.25, 0.3) is 10.9 Å². The second-order valence-electron chi connectivity index (χ2n) is 4.80. The second-order valence-corrected chi connectivity index (χ2v) is 5.65. The van der Waals surface area contributed by atoms with E-state index in [-0.39, 0.29) is 12.6 Å². The number of aliphatic hydroxyl groups excluding tert-OH is 1. The molecule has 0 spiro atoms. The number of anilines is 1. The average Bonchev–Trinajstić information content (AvgIpc) is 2.54. The van der Waals surface area contributed by atoms with E-state index in [0.717, 1.165) is 26.8 Å². The van der Waals surface area contributed by atoms with E-state index in [0.29, 0.717) is 0 Å². The maximum absolute atomic E-state index is 9.61. The summed E-state index contributed by atoms with van der Waals surface area (Å²) >= 11 is 3.52. The summed E-state index contributed by atoms with van der Waals surface area (Å²) in [5, 5.41) is 14.0. The van der Waals surface area contributed by atoms with Gasteiger partial charge in [0, 0.05) is 9.86 Å². The number of pyridine rings is 1. The van der Waals surface area contributed by atoms with Crippen LogP contribution in [0.4, 0.5) is 5.82 Å². The van der Waals surface area contributed by atoms with Crippen LogP contribution in [0.5, 0.6) is 0 Å². The minimum absolute atomic E-state index is 0.0136. The Kier molecular flexibility index (Phi) is 4.18. The highest BCUT2D eigenvalue weighted by Gasteiger charge is 2.11. The number of hydrogen-bond acceptors (Lipinski definition) is 3. The summed E-state index contributed by atoms with van der Waals surface area (Å²) in [7, 11) is 0. The van der Waals surface area contributed by atoms with Crippen LogP contribution in [0.2, 0.25) is 0 Å². The fraction of sp³-hybridized carbons (Fsp3) is 0.118. The van der Waals surface area contributed by atoms with Gasteiger partial charge in [0.2, 0.25) is 0 Å². The lowest BCUT2D eigenvalue weighted by Gasteiger charge is -2.17. The van der Waals surface area contributed by atoms with Crippen molar-refractivity contribution in [1.29, 1.82) is 0 Å². The van der Waals surface area contributed by atoms with Crippen molar-refractivity contribution in [3.8, 4) is 0 Å². The summed E-state index contributed by atoms with van der Waals surface area (Å²) in [4.78, 5) is 4.62. The van der Waals surface area contributed by atoms with Crippen LogP contribution in [0.1, 0.15) is 11.6 Å². The van der Waals surface area contributed by atoms with Crippen molar-refractivity contribution in [3.63, 3.8) is 0 Å². The predicted octanol–water partition coefficient (Wildman–Crippen LogP) is 4.14. The minimum Gasteiger partial charge on any atom is -0.394 e. The van der Waals surface area contributed by atoms with E-state index >= 15 is 0 Å². The van der Waals surface area contributed by atoms with Crippen molar-refractivity contribution in [2.45, 2.75) is 6.04 Å². The van der Waals surface area contributed by atoms with Crippen LogP contribution in [0, 0.1) is 0 Å². The van der Waals surface area contributed by atoms with Crippen LogP contribution in [-0.4, -0.2) is 16.7 Å². The van der Waals surface area contributed by atoms with E-state index in [9.17, 15) is 5.11 Å². The molecule has 2 N–H and O–H groups in total. The Morgan fingerprint density at radius 3 is 2.57 bits per heavy atom. The molecular weight excluding hydrogens is 328 g/mol. The average molecular weight is 343 g/mol. The molecule has 21 heavy (non-hydrogen) atoms. The molecule has 4 heteroatoms. The number of fused-ring (bicyclic) bond motifs is 1. The minimum atomic E-state index is -0.168. The van der Waals surface area contributed by atoms with E-state index in [1.807, 2.05) is 60.7 Å². The first kappa shape index (κ1) is 14.0. The molecular formula is C17H15BrN2O. The highest BCUT2D eigenvalue weighted by Crippen LogP contribution is 2.25. The molecule has 0 saturated carbocycles. The smallest absolute Gasteiger partial charge is 0.127 e. The van der Waals surface area contributed by atoms with Gasteiger partial charge in [-0.05, 0) is 39.7 Å². The number of hydrogen-bond donors (Lipinski definition) is 2. The number of nitrogens with zero attached hydrogens (tertiary/aromatic N) is 1. The fourth-order valence-electron chi connectivity index (χ4n) is 2.29. The predicted molar refractivity (Wildman–Crippen MR) is 89.3 cm³/mol. The molecule has 1 atom stereocenters. The van der Waals surface area contributed by atoms with Crippen LogP contribution in [0.15, 0.2) is 65.1 Å². The molecule has 2 aromatic carbocycles. The van der Waals surface area contributed by atoms with Gasteiger partial charge in [-0.15, -0.1) is 0 Å². The van der Waals surface area contributed by atoms with Gasteiger partial charge in [0.05, 0.1) is 18.2 Å². The van der Waals surface area contributed by atoms with Crippen molar-refractivity contribution in [3.05, 3.63) is 70.7 Å². The normalized spacial score (nSPS) is 12.3. The number of benzene rings is 2. The summed E-state index contributed by atoms with van der Waals surface area (Å²) in [5.74, 6) is 0.748. The van der Waals surface area contributed by atoms with Crippen LogP contribution < -0.4 is 5.32 Å². The third-order valence-electron chi connectivity index (χ3n) is 3.38. The number of aliphatic hydroxyl groups is 1. The molecule has 0 aliphatic rings. The van der Waals surface area contributed by atoms with Crippen molar-refractivity contribution in [2.24, 2.45) is 0 Å². The molecule has 106 valence electrons. The van der Waals surface area contributed by atoms with Gasteiger partial charge in [-0.25, -0.2) is 4.98 Å². The highest BCUT2D eigenvalue weighted by molar-refractivity contribution is 9.10. The van der Waals surface area contributed by atoms with Crippen LogP contribution in [-0.2, 0) is 0 Å². The standard InChI is InChI=1S/C17H15BrN2O/c18-14-8-4-7-13-9-10-16(20-17(13)14)19-15(11-21)12-5-2-1-3-6-12/h1-10,15,21H,11H2,(H,19,20). The molecule has 0 radical (unpaired) electrons. The summed E-state index contributed by atoms with van der Waals surface area (Å²) < 4.78 is 0.962. The van der Waals surface area contributed by atoms with Gasteiger partial charge in [-0.1, -0.05) is 42.5 Å². The Labute approximate surface area is 131 Å². The van der Waals surface area contributed by atoms with Gasteiger partial charge in [0.15, 0.2) is 0 Å². The maximum Gasteiger partial charge on any atom is 0.127 e. The van der Waals surface area contributed by atoms with Gasteiger partial charge >= 0.3 is 0 Å². The molecule has 3 aromatic rings. The van der Waals surface area contributed by atoms with E-state index < -0.39 is 0 Å². The summed E-state index contributed by atoms with van der Waals surface area (Å²) in [5.41, 5.74) is 1.95. The maximum atomic E-state index is 9.61. The molecule has 0 amide bonds. The monoisotopic (exact) mass is 342 g/mol. The molecule has 3 rings (SSSR count). The Hall–Kier alpha value is -1.91.